The highest BCUT2D eigenvalue weighted by atomic mass is 16.3. The fourth-order valence-electron chi connectivity index (χ4n) is 3.56. The number of benzene rings is 1. The summed E-state index contributed by atoms with van der Waals surface area (Å²) < 4.78 is 0. The highest BCUT2D eigenvalue weighted by Crippen LogP contribution is 2.37. The Bertz CT molecular complexity index is 561. The second-order valence-corrected chi connectivity index (χ2v) is 6.34. The third kappa shape index (κ3) is 2.60. The minimum absolute atomic E-state index is 0.0473. The van der Waals surface area contributed by atoms with Crippen molar-refractivity contribution in [1.29, 1.82) is 0 Å². The van der Waals surface area contributed by atoms with Gasteiger partial charge in [0.2, 0.25) is 5.91 Å². The smallest absolute Gasteiger partial charge is 0.260 e. The minimum atomic E-state index is -0.296. The van der Waals surface area contributed by atoms with Crippen molar-refractivity contribution >= 4 is 11.8 Å². The van der Waals surface area contributed by atoms with Crippen LogP contribution in [0, 0.1) is 5.41 Å². The van der Waals surface area contributed by atoms with E-state index in [1.165, 1.54) is 11.3 Å². The zero-order chi connectivity index (χ0) is 14.9. The molecular weight excluding hydrogens is 266 g/mol. The lowest BCUT2D eigenvalue weighted by atomic mass is 9.74. The van der Waals surface area contributed by atoms with Crippen molar-refractivity contribution in [2.24, 2.45) is 5.41 Å². The lowest BCUT2D eigenvalue weighted by molar-refractivity contribution is -0.130. The lowest BCUT2D eigenvalue weighted by Gasteiger charge is -2.40. The first kappa shape index (κ1) is 14.3. The molecule has 21 heavy (non-hydrogen) atoms. The van der Waals surface area contributed by atoms with Gasteiger partial charge in [-0.15, -0.1) is 0 Å². The first-order valence-electron chi connectivity index (χ1n) is 7.69. The normalized spacial score (nSPS) is 21.3. The molecule has 1 aromatic rings. The molecule has 1 saturated carbocycles. The van der Waals surface area contributed by atoms with Gasteiger partial charge in [-0.1, -0.05) is 37.5 Å². The van der Waals surface area contributed by atoms with Crippen LogP contribution in [0.15, 0.2) is 24.3 Å². The maximum atomic E-state index is 12.6. The number of fused-ring (bicyclic) bond motifs is 1. The highest BCUT2D eigenvalue weighted by Gasteiger charge is 2.39. The van der Waals surface area contributed by atoms with Crippen LogP contribution in [-0.4, -0.2) is 35.0 Å². The molecule has 2 aliphatic rings. The molecule has 112 valence electrons. The second-order valence-electron chi connectivity index (χ2n) is 6.34. The Balaban J connectivity index is 1.85. The van der Waals surface area contributed by atoms with Crippen molar-refractivity contribution < 1.29 is 14.7 Å². The van der Waals surface area contributed by atoms with Crippen LogP contribution in [0.1, 0.15) is 48.0 Å². The molecule has 0 spiro atoms. The predicted octanol–water partition coefficient (Wildman–Crippen LogP) is 2.15. The van der Waals surface area contributed by atoms with E-state index in [0.717, 1.165) is 31.2 Å². The summed E-state index contributed by atoms with van der Waals surface area (Å²) in [5.74, 6) is -0.350. The number of hydrogen-bond donors (Lipinski definition) is 1. The van der Waals surface area contributed by atoms with Gasteiger partial charge in [0.1, 0.15) is 0 Å². The van der Waals surface area contributed by atoms with Crippen LogP contribution in [0.2, 0.25) is 0 Å². The molecule has 0 unspecified atom stereocenters. The molecule has 0 radical (unpaired) electrons. The van der Waals surface area contributed by atoms with E-state index in [4.69, 9.17) is 0 Å². The zero-order valence-corrected chi connectivity index (χ0v) is 12.2. The molecule has 3 rings (SSSR count). The fourth-order valence-corrected chi connectivity index (χ4v) is 3.56. The van der Waals surface area contributed by atoms with E-state index in [0.29, 0.717) is 12.1 Å². The van der Waals surface area contributed by atoms with Gasteiger partial charge in [-0.3, -0.25) is 14.5 Å². The van der Waals surface area contributed by atoms with E-state index in [2.05, 4.69) is 0 Å². The predicted molar refractivity (Wildman–Crippen MR) is 78.8 cm³/mol. The number of aliphatic hydroxyl groups excluding tert-OH is 1. The van der Waals surface area contributed by atoms with Gasteiger partial charge in [0, 0.05) is 17.5 Å². The number of hydrogen-bond acceptors (Lipinski definition) is 3. The van der Waals surface area contributed by atoms with E-state index in [1.807, 2.05) is 18.2 Å². The number of carbonyl (C=O) groups is 2. The Hall–Kier alpha value is -1.68. The Morgan fingerprint density at radius 1 is 1.10 bits per heavy atom. The van der Waals surface area contributed by atoms with Crippen molar-refractivity contribution in [2.75, 3.05) is 13.2 Å². The summed E-state index contributed by atoms with van der Waals surface area (Å²) in [6.07, 6.45) is 5.36. The molecule has 4 heteroatoms. The molecule has 1 N–H and O–H groups in total. The van der Waals surface area contributed by atoms with Crippen LogP contribution in [0.5, 0.6) is 0 Å². The molecule has 2 amide bonds. The summed E-state index contributed by atoms with van der Waals surface area (Å²) in [6, 6.07) is 7.30. The molecule has 1 aliphatic heterocycles. The molecular formula is C17H21NO3. The third-order valence-electron chi connectivity index (χ3n) is 4.88. The summed E-state index contributed by atoms with van der Waals surface area (Å²) in [6.45, 7) is 0.404. The minimum Gasteiger partial charge on any atom is -0.396 e. The first-order valence-corrected chi connectivity index (χ1v) is 7.69. The van der Waals surface area contributed by atoms with Gasteiger partial charge < -0.3 is 5.11 Å². The van der Waals surface area contributed by atoms with Crippen molar-refractivity contribution in [1.82, 2.24) is 4.90 Å². The quantitative estimate of drug-likeness (QED) is 0.867. The SMILES string of the molecule is O=C1Cc2ccccc2C(=O)N1CC1(CO)CCCCC1. The Morgan fingerprint density at radius 3 is 2.52 bits per heavy atom. The van der Waals surface area contributed by atoms with Crippen LogP contribution in [-0.2, 0) is 11.2 Å². The topological polar surface area (TPSA) is 57.6 Å². The van der Waals surface area contributed by atoms with Gasteiger partial charge in [-0.2, -0.15) is 0 Å². The van der Waals surface area contributed by atoms with Gasteiger partial charge in [-0.05, 0) is 24.5 Å². The van der Waals surface area contributed by atoms with Crippen LogP contribution in [0.3, 0.4) is 0 Å². The van der Waals surface area contributed by atoms with Gasteiger partial charge in [0.25, 0.3) is 5.91 Å². The summed E-state index contributed by atoms with van der Waals surface area (Å²) in [5, 5.41) is 9.79. The molecule has 0 aromatic heterocycles. The van der Waals surface area contributed by atoms with Gasteiger partial charge in [-0.25, -0.2) is 0 Å². The van der Waals surface area contributed by atoms with Crippen LogP contribution in [0.4, 0.5) is 0 Å². The number of rotatable bonds is 3. The van der Waals surface area contributed by atoms with Crippen molar-refractivity contribution in [3.63, 3.8) is 0 Å². The molecule has 1 fully saturated rings. The standard InChI is InChI=1S/C17H21NO3/c19-12-17(8-4-1-5-9-17)11-18-15(20)10-13-6-2-3-7-14(13)16(18)21/h2-3,6-7,19H,1,4-5,8-12H2. The van der Waals surface area contributed by atoms with Gasteiger partial charge in [0.05, 0.1) is 13.0 Å². The summed E-state index contributed by atoms with van der Waals surface area (Å²) in [4.78, 5) is 26.3. The summed E-state index contributed by atoms with van der Waals surface area (Å²) in [5.41, 5.74) is 1.14. The van der Waals surface area contributed by atoms with E-state index < -0.39 is 0 Å². The Morgan fingerprint density at radius 2 is 1.81 bits per heavy atom. The van der Waals surface area contributed by atoms with Crippen LogP contribution in [0.25, 0.3) is 0 Å². The number of amides is 2. The molecule has 1 aliphatic carbocycles. The van der Waals surface area contributed by atoms with Crippen LogP contribution < -0.4 is 0 Å². The van der Waals surface area contributed by atoms with E-state index in [-0.39, 0.29) is 30.3 Å². The zero-order valence-electron chi connectivity index (χ0n) is 12.2. The highest BCUT2D eigenvalue weighted by molar-refractivity contribution is 6.09. The molecule has 0 atom stereocenters. The van der Waals surface area contributed by atoms with Crippen LogP contribution >= 0.6 is 0 Å². The third-order valence-corrected chi connectivity index (χ3v) is 4.88. The largest absolute Gasteiger partial charge is 0.396 e. The van der Waals surface area contributed by atoms with Crippen molar-refractivity contribution in [3.8, 4) is 0 Å². The van der Waals surface area contributed by atoms with Gasteiger partial charge >= 0.3 is 0 Å². The van der Waals surface area contributed by atoms with Crippen molar-refractivity contribution in [3.05, 3.63) is 35.4 Å². The Labute approximate surface area is 124 Å². The fraction of sp³-hybridized carbons (Fsp3) is 0.529. The van der Waals surface area contributed by atoms with E-state index in [1.54, 1.807) is 6.07 Å². The van der Waals surface area contributed by atoms with Crippen molar-refractivity contribution in [2.45, 2.75) is 38.5 Å². The number of carbonyl (C=O) groups excluding carboxylic acids is 2. The molecule has 4 nitrogen and oxygen atoms in total. The molecule has 1 aromatic carbocycles. The summed E-state index contributed by atoms with van der Waals surface area (Å²) in [7, 11) is 0. The molecule has 0 saturated heterocycles. The molecule has 0 bridgehead atoms. The molecule has 1 heterocycles. The average molecular weight is 287 g/mol. The maximum absolute atomic E-state index is 12.6. The lowest BCUT2D eigenvalue weighted by Crippen LogP contribution is -2.49. The monoisotopic (exact) mass is 287 g/mol. The summed E-state index contributed by atoms with van der Waals surface area (Å²) >= 11 is 0. The number of imide groups is 1. The van der Waals surface area contributed by atoms with E-state index >= 15 is 0 Å². The average Bonchev–Trinajstić information content (AvgIpc) is 2.52. The Kier molecular flexibility index (Phi) is 3.81. The second kappa shape index (κ2) is 5.60. The number of aliphatic hydroxyl groups is 1. The maximum Gasteiger partial charge on any atom is 0.260 e. The van der Waals surface area contributed by atoms with E-state index in [9.17, 15) is 14.7 Å². The first-order chi connectivity index (χ1) is 10.2. The number of nitrogens with zero attached hydrogens (tertiary/aromatic N) is 1. The van der Waals surface area contributed by atoms with Gasteiger partial charge in [0.15, 0.2) is 0 Å².